The predicted molar refractivity (Wildman–Crippen MR) is 87.8 cm³/mol. The van der Waals surface area contributed by atoms with Crippen LogP contribution in [0.5, 0.6) is 0 Å². The Kier molecular flexibility index (Phi) is 5.23. The van der Waals surface area contributed by atoms with Crippen LogP contribution in [0.1, 0.15) is 43.0 Å². The number of nitrogens with zero attached hydrogens (tertiary/aromatic N) is 1. The number of hydrogen-bond donors (Lipinski definition) is 2. The molecule has 1 aliphatic carbocycles. The van der Waals surface area contributed by atoms with Crippen LogP contribution in [-0.4, -0.2) is 43.5 Å². The van der Waals surface area contributed by atoms with E-state index in [1.807, 2.05) is 31.2 Å². The lowest BCUT2D eigenvalue weighted by molar-refractivity contribution is 0.0901. The van der Waals surface area contributed by atoms with Crippen LogP contribution in [-0.2, 0) is 0 Å². The summed E-state index contributed by atoms with van der Waals surface area (Å²) in [5.41, 5.74) is 1.76. The van der Waals surface area contributed by atoms with E-state index < -0.39 is 0 Å². The van der Waals surface area contributed by atoms with Crippen LogP contribution in [0, 0.1) is 0 Å². The average Bonchev–Trinajstić information content (AvgIpc) is 2.96. The van der Waals surface area contributed by atoms with Crippen molar-refractivity contribution in [3.05, 3.63) is 29.8 Å². The van der Waals surface area contributed by atoms with Gasteiger partial charge in [0.05, 0.1) is 5.56 Å². The summed E-state index contributed by atoms with van der Waals surface area (Å²) in [4.78, 5) is 14.8. The van der Waals surface area contributed by atoms with Gasteiger partial charge in [0.25, 0.3) is 5.91 Å². The zero-order valence-corrected chi connectivity index (χ0v) is 13.4. The summed E-state index contributed by atoms with van der Waals surface area (Å²) < 4.78 is 0. The van der Waals surface area contributed by atoms with Crippen molar-refractivity contribution in [2.45, 2.75) is 38.1 Å². The first-order chi connectivity index (χ1) is 10.1. The minimum absolute atomic E-state index is 0.0136. The van der Waals surface area contributed by atoms with Crippen LogP contribution in [0.3, 0.4) is 0 Å². The molecular weight excluding hydrogens is 262 g/mol. The van der Waals surface area contributed by atoms with Gasteiger partial charge in [-0.05, 0) is 46.0 Å². The second-order valence-electron chi connectivity index (χ2n) is 6.08. The minimum atomic E-state index is 0.0136. The molecule has 1 aliphatic rings. The molecular formula is C17H27N3O. The maximum absolute atomic E-state index is 12.5. The minimum Gasteiger partial charge on any atom is -0.385 e. The fourth-order valence-corrected chi connectivity index (χ4v) is 3.18. The topological polar surface area (TPSA) is 44.4 Å². The molecule has 0 unspecified atom stereocenters. The molecule has 0 saturated heterocycles. The number of anilines is 1. The highest BCUT2D eigenvalue weighted by Crippen LogP contribution is 2.33. The number of para-hydroxylation sites is 1. The molecule has 4 nitrogen and oxygen atoms in total. The molecule has 0 radical (unpaired) electrons. The normalized spacial score (nSPS) is 17.0. The fraction of sp³-hybridized carbons (Fsp3) is 0.588. The number of benzene rings is 1. The zero-order valence-electron chi connectivity index (χ0n) is 13.4. The van der Waals surface area contributed by atoms with Crippen molar-refractivity contribution in [1.82, 2.24) is 10.2 Å². The molecule has 2 N–H and O–H groups in total. The molecule has 0 bridgehead atoms. The standard InChI is InChI=1S/C17H27N3O/c1-4-18-15-10-6-5-9-14(15)16(21)19-13-17(20(2)3)11-7-8-12-17/h5-6,9-10,18H,4,7-8,11-13H2,1-3H3,(H,19,21). The van der Waals surface area contributed by atoms with Crippen molar-refractivity contribution in [3.63, 3.8) is 0 Å². The molecule has 0 aromatic heterocycles. The number of amides is 1. The summed E-state index contributed by atoms with van der Waals surface area (Å²) in [6, 6.07) is 7.69. The molecule has 1 aromatic rings. The highest BCUT2D eigenvalue weighted by Gasteiger charge is 2.36. The molecule has 0 spiro atoms. The second kappa shape index (κ2) is 6.94. The van der Waals surface area contributed by atoms with E-state index >= 15 is 0 Å². The lowest BCUT2D eigenvalue weighted by Gasteiger charge is -2.36. The quantitative estimate of drug-likeness (QED) is 0.846. The number of hydrogen-bond acceptors (Lipinski definition) is 3. The van der Waals surface area contributed by atoms with Crippen LogP contribution in [0.15, 0.2) is 24.3 Å². The van der Waals surface area contributed by atoms with E-state index in [0.29, 0.717) is 0 Å². The first-order valence-corrected chi connectivity index (χ1v) is 7.87. The fourth-order valence-electron chi connectivity index (χ4n) is 3.18. The first kappa shape index (κ1) is 15.8. The molecule has 0 heterocycles. The van der Waals surface area contributed by atoms with E-state index in [2.05, 4.69) is 29.6 Å². The van der Waals surface area contributed by atoms with Gasteiger partial charge in [-0.15, -0.1) is 0 Å². The van der Waals surface area contributed by atoms with E-state index in [4.69, 9.17) is 0 Å². The first-order valence-electron chi connectivity index (χ1n) is 7.87. The molecule has 4 heteroatoms. The molecule has 0 aliphatic heterocycles. The molecule has 1 fully saturated rings. The van der Waals surface area contributed by atoms with E-state index in [1.165, 1.54) is 12.8 Å². The van der Waals surface area contributed by atoms with E-state index in [0.717, 1.165) is 37.2 Å². The van der Waals surface area contributed by atoms with Gasteiger partial charge >= 0.3 is 0 Å². The lowest BCUT2D eigenvalue weighted by atomic mass is 9.96. The number of carbonyl (C=O) groups excluding carboxylic acids is 1. The molecule has 2 rings (SSSR count). The largest absolute Gasteiger partial charge is 0.385 e. The van der Waals surface area contributed by atoms with E-state index in [-0.39, 0.29) is 11.4 Å². The Morgan fingerprint density at radius 2 is 1.90 bits per heavy atom. The van der Waals surface area contributed by atoms with Crippen molar-refractivity contribution >= 4 is 11.6 Å². The Hall–Kier alpha value is -1.55. The Morgan fingerprint density at radius 3 is 2.52 bits per heavy atom. The van der Waals surface area contributed by atoms with Gasteiger partial charge < -0.3 is 15.5 Å². The van der Waals surface area contributed by atoms with Gasteiger partial charge in [0.1, 0.15) is 0 Å². The monoisotopic (exact) mass is 289 g/mol. The highest BCUT2D eigenvalue weighted by molar-refractivity contribution is 5.99. The van der Waals surface area contributed by atoms with Crippen molar-refractivity contribution in [2.24, 2.45) is 0 Å². The predicted octanol–water partition coefficient (Wildman–Crippen LogP) is 2.72. The zero-order chi connectivity index (χ0) is 15.3. The number of nitrogens with one attached hydrogen (secondary N) is 2. The summed E-state index contributed by atoms with van der Waals surface area (Å²) in [7, 11) is 4.23. The van der Waals surface area contributed by atoms with Gasteiger partial charge in [-0.25, -0.2) is 0 Å². The highest BCUT2D eigenvalue weighted by atomic mass is 16.1. The van der Waals surface area contributed by atoms with Crippen LogP contribution in [0.2, 0.25) is 0 Å². The Balaban J connectivity index is 2.05. The molecule has 21 heavy (non-hydrogen) atoms. The summed E-state index contributed by atoms with van der Waals surface area (Å²) in [5, 5.41) is 6.39. The van der Waals surface area contributed by atoms with Crippen LogP contribution < -0.4 is 10.6 Å². The van der Waals surface area contributed by atoms with Crippen LogP contribution >= 0.6 is 0 Å². The number of likely N-dealkylation sites (N-methyl/N-ethyl adjacent to an activating group) is 1. The summed E-state index contributed by atoms with van der Waals surface area (Å²) in [5.74, 6) is 0.0136. The third-order valence-electron chi connectivity index (χ3n) is 4.60. The Morgan fingerprint density at radius 1 is 1.24 bits per heavy atom. The van der Waals surface area contributed by atoms with Gasteiger partial charge in [0.2, 0.25) is 0 Å². The van der Waals surface area contributed by atoms with Crippen molar-refractivity contribution in [3.8, 4) is 0 Å². The summed E-state index contributed by atoms with van der Waals surface area (Å²) >= 11 is 0. The molecule has 0 atom stereocenters. The Bertz CT molecular complexity index is 479. The molecule has 1 saturated carbocycles. The smallest absolute Gasteiger partial charge is 0.253 e. The van der Waals surface area contributed by atoms with Crippen LogP contribution in [0.25, 0.3) is 0 Å². The van der Waals surface area contributed by atoms with Gasteiger partial charge in [-0.3, -0.25) is 4.79 Å². The SMILES string of the molecule is CCNc1ccccc1C(=O)NCC1(N(C)C)CCCC1. The molecule has 116 valence electrons. The van der Waals surface area contributed by atoms with Crippen molar-refractivity contribution in [1.29, 1.82) is 0 Å². The van der Waals surface area contributed by atoms with Gasteiger partial charge in [-0.2, -0.15) is 0 Å². The Labute approximate surface area is 127 Å². The van der Waals surface area contributed by atoms with Crippen LogP contribution in [0.4, 0.5) is 5.69 Å². The lowest BCUT2D eigenvalue weighted by Crippen LogP contribution is -2.50. The van der Waals surface area contributed by atoms with E-state index in [1.54, 1.807) is 0 Å². The van der Waals surface area contributed by atoms with Crippen molar-refractivity contribution < 1.29 is 4.79 Å². The maximum atomic E-state index is 12.5. The van der Waals surface area contributed by atoms with Gasteiger partial charge in [0.15, 0.2) is 0 Å². The number of rotatable bonds is 6. The second-order valence-corrected chi connectivity index (χ2v) is 6.08. The van der Waals surface area contributed by atoms with Gasteiger partial charge in [-0.1, -0.05) is 25.0 Å². The summed E-state index contributed by atoms with van der Waals surface area (Å²) in [6.45, 7) is 3.57. The number of carbonyl (C=O) groups is 1. The maximum Gasteiger partial charge on any atom is 0.253 e. The molecule has 1 aromatic carbocycles. The third kappa shape index (κ3) is 3.56. The summed E-state index contributed by atoms with van der Waals surface area (Å²) in [6.07, 6.45) is 4.83. The van der Waals surface area contributed by atoms with E-state index in [9.17, 15) is 4.79 Å². The van der Waals surface area contributed by atoms with Gasteiger partial charge in [0, 0.05) is 24.3 Å². The molecule has 1 amide bonds. The average molecular weight is 289 g/mol. The third-order valence-corrected chi connectivity index (χ3v) is 4.60. The van der Waals surface area contributed by atoms with Crippen molar-refractivity contribution in [2.75, 3.05) is 32.5 Å².